The third kappa shape index (κ3) is 2.86. The highest BCUT2D eigenvalue weighted by atomic mass is 32.2. The summed E-state index contributed by atoms with van der Waals surface area (Å²) in [4.78, 5) is 0. The van der Waals surface area contributed by atoms with Gasteiger partial charge >= 0.3 is 0 Å². The van der Waals surface area contributed by atoms with Crippen LogP contribution in [0.25, 0.3) is 0 Å². The molecule has 2 unspecified atom stereocenters. The van der Waals surface area contributed by atoms with Crippen molar-refractivity contribution < 1.29 is 0 Å². The molecule has 0 amide bonds. The summed E-state index contributed by atoms with van der Waals surface area (Å²) in [7, 11) is 0. The van der Waals surface area contributed by atoms with Crippen LogP contribution in [0.2, 0.25) is 0 Å². The fourth-order valence-electron chi connectivity index (χ4n) is 1.80. The second kappa shape index (κ2) is 5.40. The Kier molecular flexibility index (Phi) is 4.84. The predicted molar refractivity (Wildman–Crippen MR) is 60.9 cm³/mol. The van der Waals surface area contributed by atoms with Gasteiger partial charge in [0.25, 0.3) is 0 Å². The summed E-state index contributed by atoms with van der Waals surface area (Å²) in [6.07, 6.45) is 4.13. The van der Waals surface area contributed by atoms with E-state index in [4.69, 9.17) is 0 Å². The van der Waals surface area contributed by atoms with Gasteiger partial charge in [0.2, 0.25) is 0 Å². The molecule has 0 aromatic rings. The minimum atomic E-state index is 0.763. The lowest BCUT2D eigenvalue weighted by Gasteiger charge is -2.37. The topological polar surface area (TPSA) is 3.24 Å². The fourth-order valence-corrected chi connectivity index (χ4v) is 3.06. The summed E-state index contributed by atoms with van der Waals surface area (Å²) in [6, 6.07) is 1.53. The van der Waals surface area contributed by atoms with Crippen molar-refractivity contribution in [3.63, 3.8) is 0 Å². The van der Waals surface area contributed by atoms with E-state index in [1.165, 1.54) is 19.3 Å². The molecule has 1 heterocycles. The highest BCUT2D eigenvalue weighted by molar-refractivity contribution is 7.97. The molecule has 0 N–H and O–H groups in total. The summed E-state index contributed by atoms with van der Waals surface area (Å²) < 4.78 is 2.56. The number of nitrogens with zero attached hydrogens (tertiary/aromatic N) is 1. The van der Waals surface area contributed by atoms with E-state index in [2.05, 4.69) is 30.8 Å². The molecule has 2 atom stereocenters. The van der Waals surface area contributed by atoms with Crippen molar-refractivity contribution in [3.8, 4) is 0 Å². The molecule has 12 heavy (non-hydrogen) atoms. The maximum absolute atomic E-state index is 4.23. The molecule has 1 nitrogen and oxygen atoms in total. The lowest BCUT2D eigenvalue weighted by Crippen LogP contribution is -2.38. The van der Waals surface area contributed by atoms with Crippen LogP contribution in [0.1, 0.15) is 33.1 Å². The molecule has 1 saturated heterocycles. The van der Waals surface area contributed by atoms with Crippen LogP contribution in [-0.2, 0) is 0 Å². The van der Waals surface area contributed by atoms with E-state index in [9.17, 15) is 0 Å². The van der Waals surface area contributed by atoms with Crippen molar-refractivity contribution in [1.29, 1.82) is 0 Å². The largest absolute Gasteiger partial charge is 0.245 e. The van der Waals surface area contributed by atoms with Gasteiger partial charge in [-0.3, -0.25) is 0 Å². The average molecular weight is 205 g/mol. The van der Waals surface area contributed by atoms with E-state index >= 15 is 0 Å². The molecule has 72 valence electrons. The van der Waals surface area contributed by atoms with Crippen molar-refractivity contribution >= 4 is 24.6 Å². The van der Waals surface area contributed by atoms with E-state index < -0.39 is 0 Å². The molecule has 0 spiro atoms. The van der Waals surface area contributed by atoms with Crippen LogP contribution in [0.4, 0.5) is 0 Å². The minimum absolute atomic E-state index is 0.763. The Morgan fingerprint density at radius 1 is 1.33 bits per heavy atom. The van der Waals surface area contributed by atoms with Crippen LogP contribution in [0.5, 0.6) is 0 Å². The van der Waals surface area contributed by atoms with E-state index in [-0.39, 0.29) is 0 Å². The molecule has 3 heteroatoms. The first kappa shape index (κ1) is 10.7. The lowest BCUT2D eigenvalue weighted by molar-refractivity contribution is 0.223. The average Bonchev–Trinajstić information content (AvgIpc) is 2.04. The highest BCUT2D eigenvalue weighted by Crippen LogP contribution is 2.28. The van der Waals surface area contributed by atoms with Crippen molar-refractivity contribution in [3.05, 3.63) is 0 Å². The second-order valence-corrected chi connectivity index (χ2v) is 5.08. The van der Waals surface area contributed by atoms with Crippen LogP contribution in [0.15, 0.2) is 0 Å². The molecular formula is C9H19NS2. The Morgan fingerprint density at radius 3 is 2.42 bits per heavy atom. The van der Waals surface area contributed by atoms with Gasteiger partial charge in [-0.2, -0.15) is 12.6 Å². The standard InChI is InChI=1S/C9H19NS2/c1-8-4-3-5-9(2)10(8)12-7-6-11/h8-9,11H,3-7H2,1-2H3. The van der Waals surface area contributed by atoms with Gasteiger partial charge in [-0.1, -0.05) is 18.4 Å². The zero-order valence-electron chi connectivity index (χ0n) is 7.99. The Bertz CT molecular complexity index is 120. The third-order valence-corrected chi connectivity index (χ3v) is 4.38. The normalized spacial score (nSPS) is 32.2. The van der Waals surface area contributed by atoms with Crippen LogP contribution in [0, 0.1) is 0 Å². The molecule has 0 saturated carbocycles. The monoisotopic (exact) mass is 205 g/mol. The molecule has 1 fully saturated rings. The van der Waals surface area contributed by atoms with Crippen LogP contribution in [0.3, 0.4) is 0 Å². The fraction of sp³-hybridized carbons (Fsp3) is 1.00. The second-order valence-electron chi connectivity index (χ2n) is 3.55. The summed E-state index contributed by atoms with van der Waals surface area (Å²) >= 11 is 6.20. The van der Waals surface area contributed by atoms with E-state index in [1.54, 1.807) is 0 Å². The first-order chi connectivity index (χ1) is 5.75. The van der Waals surface area contributed by atoms with Gasteiger partial charge in [0, 0.05) is 23.6 Å². The Hall–Kier alpha value is 0.660. The van der Waals surface area contributed by atoms with Gasteiger partial charge in [0.05, 0.1) is 0 Å². The summed E-state index contributed by atoms with van der Waals surface area (Å²) in [5.74, 6) is 2.14. The number of thiol groups is 1. The minimum Gasteiger partial charge on any atom is -0.245 e. The summed E-state index contributed by atoms with van der Waals surface area (Å²) in [6.45, 7) is 4.67. The number of hydrogen-bond acceptors (Lipinski definition) is 3. The van der Waals surface area contributed by atoms with Gasteiger partial charge in [-0.15, -0.1) is 0 Å². The molecule has 1 aliphatic heterocycles. The van der Waals surface area contributed by atoms with E-state index in [0.29, 0.717) is 0 Å². The van der Waals surface area contributed by atoms with Gasteiger partial charge in [-0.25, -0.2) is 4.31 Å². The number of piperidine rings is 1. The van der Waals surface area contributed by atoms with Crippen molar-refractivity contribution in [2.24, 2.45) is 0 Å². The van der Waals surface area contributed by atoms with E-state index in [1.807, 2.05) is 11.9 Å². The zero-order chi connectivity index (χ0) is 8.97. The van der Waals surface area contributed by atoms with Crippen LogP contribution < -0.4 is 0 Å². The molecule has 0 bridgehead atoms. The first-order valence-corrected chi connectivity index (χ1v) is 6.35. The summed E-state index contributed by atoms with van der Waals surface area (Å²) in [5.41, 5.74) is 0. The molecule has 1 aliphatic rings. The molecule has 1 rings (SSSR count). The van der Waals surface area contributed by atoms with Crippen molar-refractivity contribution in [2.75, 3.05) is 11.5 Å². The number of rotatable bonds is 3. The molecule has 0 aromatic heterocycles. The van der Waals surface area contributed by atoms with E-state index in [0.717, 1.165) is 23.6 Å². The smallest absolute Gasteiger partial charge is 0.0177 e. The quantitative estimate of drug-likeness (QED) is 0.557. The van der Waals surface area contributed by atoms with Crippen LogP contribution >= 0.6 is 24.6 Å². The Morgan fingerprint density at radius 2 is 1.92 bits per heavy atom. The highest BCUT2D eigenvalue weighted by Gasteiger charge is 2.24. The molecular weight excluding hydrogens is 186 g/mol. The first-order valence-electron chi connectivity index (χ1n) is 4.78. The predicted octanol–water partition coefficient (Wildman–Crippen LogP) is 2.83. The van der Waals surface area contributed by atoms with Crippen molar-refractivity contribution in [1.82, 2.24) is 4.31 Å². The molecule has 0 radical (unpaired) electrons. The maximum atomic E-state index is 4.23. The Balaban J connectivity index is 2.34. The third-order valence-electron chi connectivity index (χ3n) is 2.44. The molecule has 0 aliphatic carbocycles. The number of hydrogen-bond donors (Lipinski definition) is 1. The SMILES string of the molecule is CC1CCCC(C)N1SCCS. The Labute approximate surface area is 85.8 Å². The van der Waals surface area contributed by atoms with Gasteiger partial charge in [0.15, 0.2) is 0 Å². The molecule has 0 aromatic carbocycles. The lowest BCUT2D eigenvalue weighted by atomic mass is 10.0. The van der Waals surface area contributed by atoms with Gasteiger partial charge in [-0.05, 0) is 26.7 Å². The van der Waals surface area contributed by atoms with Crippen LogP contribution in [-0.4, -0.2) is 27.9 Å². The van der Waals surface area contributed by atoms with Gasteiger partial charge in [0.1, 0.15) is 0 Å². The zero-order valence-corrected chi connectivity index (χ0v) is 9.70. The maximum Gasteiger partial charge on any atom is 0.0177 e. The van der Waals surface area contributed by atoms with Crippen molar-refractivity contribution in [2.45, 2.75) is 45.2 Å². The summed E-state index contributed by atoms with van der Waals surface area (Å²) in [5, 5.41) is 0. The van der Waals surface area contributed by atoms with Gasteiger partial charge < -0.3 is 0 Å².